The fraction of sp³-hybridized carbons (Fsp3) is 0.667. The number of fused-ring (bicyclic) bond motifs is 1. The van der Waals surface area contributed by atoms with E-state index in [1.807, 2.05) is 6.92 Å². The Morgan fingerprint density at radius 2 is 2.19 bits per heavy atom. The molecule has 112 valence electrons. The Hall–Kier alpha value is -1.27. The Bertz CT molecular complexity index is 729. The topological polar surface area (TPSA) is 50.5 Å². The van der Waals surface area contributed by atoms with E-state index in [2.05, 4.69) is 21.9 Å². The van der Waals surface area contributed by atoms with Gasteiger partial charge in [-0.2, -0.15) is 9.61 Å². The van der Waals surface area contributed by atoms with Crippen LogP contribution in [0.25, 0.3) is 4.96 Å². The summed E-state index contributed by atoms with van der Waals surface area (Å²) >= 11 is 1.48. The van der Waals surface area contributed by atoms with E-state index >= 15 is 0 Å². The number of nitrogens with zero attached hydrogens (tertiary/aromatic N) is 4. The van der Waals surface area contributed by atoms with Crippen LogP contribution in [0.3, 0.4) is 0 Å². The quantitative estimate of drug-likeness (QED) is 0.850. The molecule has 0 aliphatic heterocycles. The van der Waals surface area contributed by atoms with Gasteiger partial charge < -0.3 is 0 Å². The van der Waals surface area contributed by atoms with Crippen molar-refractivity contribution in [2.75, 3.05) is 0 Å². The van der Waals surface area contributed by atoms with Crippen molar-refractivity contribution in [1.29, 1.82) is 0 Å². The van der Waals surface area contributed by atoms with Gasteiger partial charge in [-0.3, -0.25) is 9.69 Å². The number of aryl methyl sites for hydroxylation is 1. The van der Waals surface area contributed by atoms with Crippen LogP contribution < -0.4 is 5.56 Å². The molecule has 2 fully saturated rings. The molecule has 2 aromatic heterocycles. The van der Waals surface area contributed by atoms with Crippen molar-refractivity contribution in [1.82, 2.24) is 19.5 Å². The second kappa shape index (κ2) is 4.88. The molecule has 0 saturated heterocycles. The van der Waals surface area contributed by atoms with Crippen LogP contribution in [0.1, 0.15) is 43.3 Å². The van der Waals surface area contributed by atoms with Crippen LogP contribution in [0, 0.1) is 12.8 Å². The van der Waals surface area contributed by atoms with E-state index in [1.54, 1.807) is 6.07 Å². The standard InChI is InChI=1S/C15H20N4OS/c1-9(11-3-4-11)18(13-5-6-13)8-12-7-14(20)19-15(16-12)21-10(2)17-19/h7,9,11,13H,3-6,8H2,1-2H3/t9-/m0/s1. The van der Waals surface area contributed by atoms with Crippen LogP contribution in [-0.4, -0.2) is 31.6 Å². The number of hydrogen-bond acceptors (Lipinski definition) is 5. The summed E-state index contributed by atoms with van der Waals surface area (Å²) in [6, 6.07) is 2.96. The lowest BCUT2D eigenvalue weighted by Crippen LogP contribution is -2.36. The highest BCUT2D eigenvalue weighted by molar-refractivity contribution is 7.16. The summed E-state index contributed by atoms with van der Waals surface area (Å²) in [5, 5.41) is 5.08. The van der Waals surface area contributed by atoms with Gasteiger partial charge in [-0.25, -0.2) is 4.98 Å². The van der Waals surface area contributed by atoms with Gasteiger partial charge in [0.1, 0.15) is 5.01 Å². The Kier molecular flexibility index (Phi) is 3.11. The highest BCUT2D eigenvalue weighted by Gasteiger charge is 2.39. The second-order valence-electron chi connectivity index (χ2n) is 6.38. The molecule has 0 spiro atoms. The molecule has 5 nitrogen and oxygen atoms in total. The van der Waals surface area contributed by atoms with E-state index in [-0.39, 0.29) is 5.56 Å². The minimum atomic E-state index is -0.0610. The average molecular weight is 304 g/mol. The first-order valence-electron chi connectivity index (χ1n) is 7.74. The van der Waals surface area contributed by atoms with Crippen molar-refractivity contribution in [3.8, 4) is 0 Å². The van der Waals surface area contributed by atoms with Crippen LogP contribution in [0.4, 0.5) is 0 Å². The van der Waals surface area contributed by atoms with E-state index in [4.69, 9.17) is 0 Å². The molecule has 4 rings (SSSR count). The molecule has 0 N–H and O–H groups in total. The zero-order valence-electron chi connectivity index (χ0n) is 12.5. The summed E-state index contributed by atoms with van der Waals surface area (Å²) in [7, 11) is 0. The molecule has 21 heavy (non-hydrogen) atoms. The molecule has 0 unspecified atom stereocenters. The van der Waals surface area contributed by atoms with Crippen molar-refractivity contribution in [2.45, 2.75) is 58.2 Å². The Balaban J connectivity index is 1.64. The molecule has 2 aromatic rings. The van der Waals surface area contributed by atoms with Gasteiger partial charge in [-0.1, -0.05) is 11.3 Å². The molecule has 6 heteroatoms. The molecule has 0 bridgehead atoms. The zero-order valence-corrected chi connectivity index (χ0v) is 13.3. The van der Waals surface area contributed by atoms with Crippen molar-refractivity contribution < 1.29 is 0 Å². The number of rotatable bonds is 5. The lowest BCUT2D eigenvalue weighted by Gasteiger charge is -2.28. The van der Waals surface area contributed by atoms with Gasteiger partial charge in [0.05, 0.1) is 5.69 Å². The van der Waals surface area contributed by atoms with Gasteiger partial charge in [-0.05, 0) is 45.4 Å². The molecular weight excluding hydrogens is 284 g/mol. The van der Waals surface area contributed by atoms with Gasteiger partial charge in [0.2, 0.25) is 4.96 Å². The SMILES string of the molecule is Cc1nn2c(=O)cc(CN(C3CC3)[C@@H](C)C3CC3)nc2s1. The summed E-state index contributed by atoms with van der Waals surface area (Å²) < 4.78 is 1.41. The average Bonchev–Trinajstić information content (AvgIpc) is 3.33. The Morgan fingerprint density at radius 1 is 1.43 bits per heavy atom. The van der Waals surface area contributed by atoms with E-state index in [9.17, 15) is 4.79 Å². The first-order chi connectivity index (χ1) is 10.1. The third kappa shape index (κ3) is 2.62. The normalized spacial score (nSPS) is 20.3. The molecule has 1 atom stereocenters. The minimum Gasteiger partial charge on any atom is -0.292 e. The third-order valence-electron chi connectivity index (χ3n) is 4.59. The van der Waals surface area contributed by atoms with Crippen LogP contribution in [0.2, 0.25) is 0 Å². The minimum absolute atomic E-state index is 0.0610. The smallest absolute Gasteiger partial charge is 0.275 e. The Morgan fingerprint density at radius 3 is 2.86 bits per heavy atom. The van der Waals surface area contributed by atoms with Crippen LogP contribution in [-0.2, 0) is 6.54 Å². The maximum atomic E-state index is 12.1. The molecule has 0 radical (unpaired) electrons. The van der Waals surface area contributed by atoms with Crippen LogP contribution in [0.5, 0.6) is 0 Å². The summed E-state index contributed by atoms with van der Waals surface area (Å²) in [6.07, 6.45) is 5.29. The monoisotopic (exact) mass is 304 g/mol. The van der Waals surface area contributed by atoms with Gasteiger partial charge in [0.25, 0.3) is 5.56 Å². The predicted octanol–water partition coefficient (Wildman–Crippen LogP) is 2.22. The molecular formula is C15H20N4OS. The van der Waals surface area contributed by atoms with Crippen LogP contribution in [0.15, 0.2) is 10.9 Å². The fourth-order valence-electron chi connectivity index (χ4n) is 3.08. The van der Waals surface area contributed by atoms with Gasteiger partial charge in [-0.15, -0.1) is 0 Å². The summed E-state index contributed by atoms with van der Waals surface area (Å²) in [5.74, 6) is 0.848. The largest absolute Gasteiger partial charge is 0.292 e. The summed E-state index contributed by atoms with van der Waals surface area (Å²) in [6.45, 7) is 5.04. The molecule has 0 amide bonds. The van der Waals surface area contributed by atoms with E-state index in [0.29, 0.717) is 17.0 Å². The van der Waals surface area contributed by atoms with Gasteiger partial charge in [0.15, 0.2) is 0 Å². The van der Waals surface area contributed by atoms with Crippen LogP contribution >= 0.6 is 11.3 Å². The first-order valence-corrected chi connectivity index (χ1v) is 8.55. The van der Waals surface area contributed by atoms with Crippen molar-refractivity contribution in [2.24, 2.45) is 5.92 Å². The van der Waals surface area contributed by atoms with Crippen molar-refractivity contribution >= 4 is 16.3 Å². The van der Waals surface area contributed by atoms with Gasteiger partial charge >= 0.3 is 0 Å². The molecule has 2 aliphatic rings. The van der Waals surface area contributed by atoms with Crippen molar-refractivity contribution in [3.63, 3.8) is 0 Å². The van der Waals surface area contributed by atoms with Gasteiger partial charge in [0, 0.05) is 24.7 Å². The Labute approximate surface area is 127 Å². The number of aromatic nitrogens is 3. The molecule has 2 heterocycles. The molecule has 0 aromatic carbocycles. The van der Waals surface area contributed by atoms with E-state index < -0.39 is 0 Å². The maximum absolute atomic E-state index is 12.1. The predicted molar refractivity (Wildman–Crippen MR) is 82.6 cm³/mol. The second-order valence-corrected chi connectivity index (χ2v) is 7.54. The fourth-order valence-corrected chi connectivity index (χ4v) is 3.85. The van der Waals surface area contributed by atoms with Crippen molar-refractivity contribution in [3.05, 3.63) is 27.1 Å². The zero-order chi connectivity index (χ0) is 14.6. The summed E-state index contributed by atoms with van der Waals surface area (Å²) in [4.78, 5) is 20.1. The first kappa shape index (κ1) is 13.4. The highest BCUT2D eigenvalue weighted by atomic mass is 32.1. The highest BCUT2D eigenvalue weighted by Crippen LogP contribution is 2.40. The van der Waals surface area contributed by atoms with E-state index in [1.165, 1.54) is 41.5 Å². The lowest BCUT2D eigenvalue weighted by atomic mass is 10.1. The number of hydrogen-bond donors (Lipinski definition) is 0. The molecule has 2 aliphatic carbocycles. The third-order valence-corrected chi connectivity index (χ3v) is 5.41. The molecule has 2 saturated carbocycles. The van der Waals surface area contributed by atoms with E-state index in [0.717, 1.165) is 23.2 Å². The maximum Gasteiger partial charge on any atom is 0.275 e. The summed E-state index contributed by atoms with van der Waals surface area (Å²) in [5.41, 5.74) is 0.831. The lowest BCUT2D eigenvalue weighted by molar-refractivity contribution is 0.168.